The molecule has 4 heteroatoms. The van der Waals surface area contributed by atoms with E-state index in [0.29, 0.717) is 12.5 Å². The minimum Gasteiger partial charge on any atom is -0.497 e. The molecule has 0 aromatic heterocycles. The van der Waals surface area contributed by atoms with Gasteiger partial charge in [-0.05, 0) is 25.5 Å². The molecule has 4 nitrogen and oxygen atoms in total. The van der Waals surface area contributed by atoms with Gasteiger partial charge in [-0.15, -0.1) is 0 Å². The smallest absolute Gasteiger partial charge is 0.127 e. The number of benzene rings is 1. The molecule has 0 radical (unpaired) electrons. The Kier molecular flexibility index (Phi) is 6.33. The van der Waals surface area contributed by atoms with E-state index in [-0.39, 0.29) is 6.10 Å². The number of hydrogen-bond donors (Lipinski definition) is 2. The number of aliphatic hydroxyl groups excluding tert-OH is 1. The van der Waals surface area contributed by atoms with E-state index in [9.17, 15) is 5.11 Å². The van der Waals surface area contributed by atoms with E-state index in [4.69, 9.17) is 9.47 Å². The van der Waals surface area contributed by atoms with Crippen LogP contribution in [-0.2, 0) is 6.54 Å². The average molecular weight is 293 g/mol. The Morgan fingerprint density at radius 3 is 2.76 bits per heavy atom. The van der Waals surface area contributed by atoms with Gasteiger partial charge >= 0.3 is 0 Å². The number of methoxy groups -OCH3 is 1. The van der Waals surface area contributed by atoms with E-state index >= 15 is 0 Å². The maximum Gasteiger partial charge on any atom is 0.127 e. The molecule has 1 fully saturated rings. The highest BCUT2D eigenvalue weighted by molar-refractivity contribution is 5.40. The van der Waals surface area contributed by atoms with Gasteiger partial charge in [0.15, 0.2) is 0 Å². The number of hydrogen-bond acceptors (Lipinski definition) is 4. The zero-order valence-corrected chi connectivity index (χ0v) is 13.1. The Balaban J connectivity index is 1.90. The van der Waals surface area contributed by atoms with Crippen molar-refractivity contribution >= 4 is 0 Å². The zero-order chi connectivity index (χ0) is 15.1. The fourth-order valence-corrected chi connectivity index (χ4v) is 3.02. The van der Waals surface area contributed by atoms with Crippen LogP contribution in [0.5, 0.6) is 11.5 Å². The Morgan fingerprint density at radius 1 is 1.33 bits per heavy atom. The maximum absolute atomic E-state index is 10.1. The van der Waals surface area contributed by atoms with E-state index in [1.807, 2.05) is 25.2 Å². The molecule has 0 saturated heterocycles. The maximum atomic E-state index is 10.1. The van der Waals surface area contributed by atoms with Gasteiger partial charge in [-0.1, -0.05) is 31.7 Å². The molecule has 0 amide bonds. The van der Waals surface area contributed by atoms with Crippen LogP contribution in [0.4, 0.5) is 0 Å². The second-order valence-corrected chi connectivity index (χ2v) is 5.85. The molecule has 1 saturated carbocycles. The van der Waals surface area contributed by atoms with Crippen LogP contribution in [0.1, 0.15) is 37.7 Å². The predicted molar refractivity (Wildman–Crippen MR) is 83.8 cm³/mol. The highest BCUT2D eigenvalue weighted by Gasteiger charge is 2.19. The van der Waals surface area contributed by atoms with Crippen molar-refractivity contribution in [1.82, 2.24) is 5.32 Å². The summed E-state index contributed by atoms with van der Waals surface area (Å²) in [5.74, 6) is 2.23. The molecular formula is C17H27NO3. The molecular weight excluding hydrogens is 266 g/mol. The molecule has 1 aromatic carbocycles. The van der Waals surface area contributed by atoms with Crippen molar-refractivity contribution in [2.24, 2.45) is 5.92 Å². The largest absolute Gasteiger partial charge is 0.497 e. The summed E-state index contributed by atoms with van der Waals surface area (Å²) in [6, 6.07) is 5.80. The third-order valence-corrected chi connectivity index (χ3v) is 4.15. The summed E-state index contributed by atoms with van der Waals surface area (Å²) < 4.78 is 11.1. The standard InChI is InChI=1S/C17H27NO3/c1-18-11-14-7-8-16(20-2)10-17(14)21-12-15(19)9-13-5-3-4-6-13/h7-8,10,13,15,18-19H,3-6,9,11-12H2,1-2H3. The molecule has 2 N–H and O–H groups in total. The molecule has 0 spiro atoms. The molecule has 2 rings (SSSR count). The first-order chi connectivity index (χ1) is 10.2. The van der Waals surface area contributed by atoms with Crippen LogP contribution in [0.15, 0.2) is 18.2 Å². The third-order valence-electron chi connectivity index (χ3n) is 4.15. The van der Waals surface area contributed by atoms with Crippen molar-refractivity contribution in [1.29, 1.82) is 0 Å². The third kappa shape index (κ3) is 4.90. The average Bonchev–Trinajstić information content (AvgIpc) is 2.99. The van der Waals surface area contributed by atoms with E-state index in [1.54, 1.807) is 7.11 Å². The van der Waals surface area contributed by atoms with Gasteiger partial charge in [0.1, 0.15) is 18.1 Å². The Bertz CT molecular complexity index is 430. The summed E-state index contributed by atoms with van der Waals surface area (Å²) in [6.07, 6.45) is 5.58. The van der Waals surface area contributed by atoms with Crippen LogP contribution >= 0.6 is 0 Å². The Labute approximate surface area is 127 Å². The number of nitrogens with one attached hydrogen (secondary N) is 1. The van der Waals surface area contributed by atoms with Crippen LogP contribution in [0.2, 0.25) is 0 Å². The van der Waals surface area contributed by atoms with Crippen LogP contribution in [0.25, 0.3) is 0 Å². The molecule has 1 aliphatic carbocycles. The van der Waals surface area contributed by atoms with Crippen molar-refractivity contribution in [2.75, 3.05) is 20.8 Å². The van der Waals surface area contributed by atoms with E-state index in [0.717, 1.165) is 30.0 Å². The molecule has 1 unspecified atom stereocenters. The van der Waals surface area contributed by atoms with Crippen molar-refractivity contribution in [3.63, 3.8) is 0 Å². The molecule has 118 valence electrons. The van der Waals surface area contributed by atoms with E-state index in [1.165, 1.54) is 25.7 Å². The van der Waals surface area contributed by atoms with Crippen LogP contribution in [-0.4, -0.2) is 32.0 Å². The SMILES string of the molecule is CNCc1ccc(OC)cc1OCC(O)CC1CCCC1. The topological polar surface area (TPSA) is 50.7 Å². The van der Waals surface area contributed by atoms with E-state index < -0.39 is 0 Å². The fourth-order valence-electron chi connectivity index (χ4n) is 3.02. The summed E-state index contributed by atoms with van der Waals surface area (Å²) in [5, 5.41) is 13.3. The summed E-state index contributed by atoms with van der Waals surface area (Å²) >= 11 is 0. The molecule has 0 bridgehead atoms. The van der Waals surface area contributed by atoms with Crippen LogP contribution < -0.4 is 14.8 Å². The highest BCUT2D eigenvalue weighted by Crippen LogP contribution is 2.29. The van der Waals surface area contributed by atoms with Crippen molar-refractivity contribution in [2.45, 2.75) is 44.8 Å². The number of ether oxygens (including phenoxy) is 2. The molecule has 1 atom stereocenters. The lowest BCUT2D eigenvalue weighted by molar-refractivity contribution is 0.0849. The summed E-state index contributed by atoms with van der Waals surface area (Å²) in [6.45, 7) is 1.08. The minimum absolute atomic E-state index is 0.348. The van der Waals surface area contributed by atoms with E-state index in [2.05, 4.69) is 5.32 Å². The second-order valence-electron chi connectivity index (χ2n) is 5.85. The van der Waals surface area contributed by atoms with Gasteiger partial charge in [0.25, 0.3) is 0 Å². The van der Waals surface area contributed by atoms with Gasteiger partial charge in [-0.2, -0.15) is 0 Å². The molecule has 21 heavy (non-hydrogen) atoms. The minimum atomic E-state index is -0.387. The second kappa shape index (κ2) is 8.25. The van der Waals surface area contributed by atoms with Gasteiger partial charge in [-0.3, -0.25) is 0 Å². The monoisotopic (exact) mass is 293 g/mol. The van der Waals surface area contributed by atoms with Gasteiger partial charge < -0.3 is 19.9 Å². The quantitative estimate of drug-likeness (QED) is 0.774. The van der Waals surface area contributed by atoms with Crippen LogP contribution in [0.3, 0.4) is 0 Å². The van der Waals surface area contributed by atoms with Crippen molar-refractivity contribution in [3.8, 4) is 11.5 Å². The number of aliphatic hydroxyl groups is 1. The van der Waals surface area contributed by atoms with Gasteiger partial charge in [0.05, 0.1) is 13.2 Å². The zero-order valence-electron chi connectivity index (χ0n) is 13.1. The van der Waals surface area contributed by atoms with Crippen molar-refractivity contribution in [3.05, 3.63) is 23.8 Å². The lowest BCUT2D eigenvalue weighted by atomic mass is 10.0. The lowest BCUT2D eigenvalue weighted by Crippen LogP contribution is -2.21. The highest BCUT2D eigenvalue weighted by atomic mass is 16.5. The summed E-state index contributed by atoms with van der Waals surface area (Å²) in [4.78, 5) is 0. The fraction of sp³-hybridized carbons (Fsp3) is 0.647. The predicted octanol–water partition coefficient (Wildman–Crippen LogP) is 2.73. The molecule has 1 aliphatic rings. The molecule has 0 heterocycles. The molecule has 0 aliphatic heterocycles. The summed E-state index contributed by atoms with van der Waals surface area (Å²) in [5.41, 5.74) is 1.08. The Hall–Kier alpha value is -1.26. The lowest BCUT2D eigenvalue weighted by Gasteiger charge is -2.18. The first-order valence-electron chi connectivity index (χ1n) is 7.85. The first-order valence-corrected chi connectivity index (χ1v) is 7.85. The number of rotatable bonds is 8. The van der Waals surface area contributed by atoms with Crippen LogP contribution in [0, 0.1) is 5.92 Å². The van der Waals surface area contributed by atoms with Gasteiger partial charge in [0.2, 0.25) is 0 Å². The normalized spacial score (nSPS) is 16.9. The molecule has 1 aromatic rings. The van der Waals surface area contributed by atoms with Crippen molar-refractivity contribution < 1.29 is 14.6 Å². The summed E-state index contributed by atoms with van der Waals surface area (Å²) in [7, 11) is 3.55. The van der Waals surface area contributed by atoms with Gasteiger partial charge in [0, 0.05) is 18.2 Å². The Morgan fingerprint density at radius 2 is 2.10 bits per heavy atom. The first kappa shape index (κ1) is 16.1. The van der Waals surface area contributed by atoms with Gasteiger partial charge in [-0.25, -0.2) is 0 Å².